The highest BCUT2D eigenvalue weighted by Gasteiger charge is 2.24. The molecule has 0 saturated carbocycles. The molecule has 0 fully saturated rings. The van der Waals surface area contributed by atoms with Gasteiger partial charge in [-0.1, -0.05) is 97.1 Å². The summed E-state index contributed by atoms with van der Waals surface area (Å²) in [5, 5.41) is 10.8. The Kier molecular flexibility index (Phi) is 6.38. The molecule has 5 rings (SSSR count). The van der Waals surface area contributed by atoms with Gasteiger partial charge in [-0.3, -0.25) is 4.79 Å². The number of nitrogens with zero attached hydrogens (tertiary/aromatic N) is 1. The molecule has 0 bridgehead atoms. The molecule has 5 aromatic carbocycles. The molecule has 0 saturated heterocycles. The number of aromatic hydroxyl groups is 1. The summed E-state index contributed by atoms with van der Waals surface area (Å²) in [7, 11) is 1.89. The molecule has 0 aliphatic heterocycles. The van der Waals surface area contributed by atoms with Gasteiger partial charge in [0.05, 0.1) is 16.9 Å². The van der Waals surface area contributed by atoms with Crippen LogP contribution in [-0.2, 0) is 0 Å². The van der Waals surface area contributed by atoms with Gasteiger partial charge in [-0.15, -0.1) is 0 Å². The SMILES string of the molecule is Cc1ccc(N(C)c2cc(-c3ccccc3)cc(-c3ccccc3)c2C(=O)c2ccccc2)c(O)c1. The zero-order valence-corrected chi connectivity index (χ0v) is 20.3. The number of ketones is 1. The van der Waals surface area contributed by atoms with E-state index < -0.39 is 0 Å². The van der Waals surface area contributed by atoms with E-state index in [1.807, 2.05) is 116 Å². The molecule has 0 amide bonds. The highest BCUT2D eigenvalue weighted by molar-refractivity contribution is 6.17. The van der Waals surface area contributed by atoms with Crippen LogP contribution in [0.4, 0.5) is 11.4 Å². The molecule has 0 aliphatic rings. The van der Waals surface area contributed by atoms with Gasteiger partial charge in [-0.25, -0.2) is 0 Å². The average molecular weight is 470 g/mol. The first-order chi connectivity index (χ1) is 17.5. The van der Waals surface area contributed by atoms with Crippen LogP contribution in [0.3, 0.4) is 0 Å². The summed E-state index contributed by atoms with van der Waals surface area (Å²) in [4.78, 5) is 16.0. The average Bonchev–Trinajstić information content (AvgIpc) is 2.93. The number of carbonyl (C=O) groups is 1. The van der Waals surface area contributed by atoms with Crippen LogP contribution in [0.5, 0.6) is 5.75 Å². The van der Waals surface area contributed by atoms with E-state index >= 15 is 0 Å². The maximum absolute atomic E-state index is 14.1. The first kappa shape index (κ1) is 23.1. The molecule has 1 N–H and O–H groups in total. The van der Waals surface area contributed by atoms with Crippen LogP contribution in [0.25, 0.3) is 22.3 Å². The normalized spacial score (nSPS) is 10.7. The zero-order chi connectivity index (χ0) is 25.1. The van der Waals surface area contributed by atoms with Gasteiger partial charge in [0, 0.05) is 12.6 Å². The molecule has 0 aromatic heterocycles. The fourth-order valence-electron chi connectivity index (χ4n) is 4.55. The number of anilines is 2. The number of hydrogen-bond donors (Lipinski definition) is 1. The van der Waals surface area contributed by atoms with Gasteiger partial charge >= 0.3 is 0 Å². The molecular formula is C33H27NO2. The number of benzene rings is 5. The predicted molar refractivity (Wildman–Crippen MR) is 148 cm³/mol. The number of aryl methyl sites for hydroxylation is 1. The smallest absolute Gasteiger partial charge is 0.195 e. The van der Waals surface area contributed by atoms with Crippen LogP contribution in [-0.4, -0.2) is 17.9 Å². The van der Waals surface area contributed by atoms with E-state index in [2.05, 4.69) is 18.2 Å². The third-order valence-corrected chi connectivity index (χ3v) is 6.43. The molecule has 36 heavy (non-hydrogen) atoms. The van der Waals surface area contributed by atoms with E-state index in [-0.39, 0.29) is 11.5 Å². The second kappa shape index (κ2) is 9.93. The number of carbonyl (C=O) groups excluding carboxylic acids is 1. The van der Waals surface area contributed by atoms with Crippen molar-refractivity contribution in [3.63, 3.8) is 0 Å². The lowest BCUT2D eigenvalue weighted by Gasteiger charge is -2.26. The van der Waals surface area contributed by atoms with Gasteiger partial charge in [0.15, 0.2) is 5.78 Å². The van der Waals surface area contributed by atoms with E-state index in [1.165, 1.54) is 0 Å². The van der Waals surface area contributed by atoms with E-state index in [4.69, 9.17) is 0 Å². The van der Waals surface area contributed by atoms with Crippen LogP contribution in [0.1, 0.15) is 21.5 Å². The predicted octanol–water partition coefficient (Wildman–Crippen LogP) is 8.03. The summed E-state index contributed by atoms with van der Waals surface area (Å²) in [6.07, 6.45) is 0. The quantitative estimate of drug-likeness (QED) is 0.256. The number of rotatable bonds is 6. The Morgan fingerprint density at radius 2 is 1.22 bits per heavy atom. The first-order valence-corrected chi connectivity index (χ1v) is 11.9. The summed E-state index contributed by atoms with van der Waals surface area (Å²) in [6, 6.07) is 39.2. The Balaban J connectivity index is 1.83. The summed E-state index contributed by atoms with van der Waals surface area (Å²) in [5.41, 5.74) is 7.38. The molecule has 0 aliphatic carbocycles. The molecule has 0 spiro atoms. The highest BCUT2D eigenvalue weighted by atomic mass is 16.3. The van der Waals surface area contributed by atoms with Crippen LogP contribution < -0.4 is 4.90 Å². The molecule has 3 heteroatoms. The van der Waals surface area contributed by atoms with Crippen molar-refractivity contribution in [2.75, 3.05) is 11.9 Å². The molecule has 0 radical (unpaired) electrons. The third-order valence-electron chi connectivity index (χ3n) is 6.43. The molecular weight excluding hydrogens is 442 g/mol. The molecule has 176 valence electrons. The molecule has 0 unspecified atom stereocenters. The van der Waals surface area contributed by atoms with Gasteiger partial charge < -0.3 is 10.0 Å². The lowest BCUT2D eigenvalue weighted by molar-refractivity contribution is 0.104. The van der Waals surface area contributed by atoms with Crippen molar-refractivity contribution in [2.24, 2.45) is 0 Å². The summed E-state index contributed by atoms with van der Waals surface area (Å²) in [5.74, 6) is 0.101. The topological polar surface area (TPSA) is 40.5 Å². The second-order valence-electron chi connectivity index (χ2n) is 8.90. The number of phenols is 1. The van der Waals surface area contributed by atoms with Crippen molar-refractivity contribution in [2.45, 2.75) is 6.92 Å². The minimum absolute atomic E-state index is 0.0671. The van der Waals surface area contributed by atoms with Crippen molar-refractivity contribution >= 4 is 17.2 Å². The number of phenolic OH excluding ortho intramolecular Hbond substituents is 1. The molecule has 0 heterocycles. The van der Waals surface area contributed by atoms with Gasteiger partial charge in [0.2, 0.25) is 0 Å². The fourth-order valence-corrected chi connectivity index (χ4v) is 4.55. The Morgan fingerprint density at radius 1 is 0.639 bits per heavy atom. The molecule has 5 aromatic rings. The molecule has 0 atom stereocenters. The van der Waals surface area contributed by atoms with Crippen LogP contribution >= 0.6 is 0 Å². The fraction of sp³-hybridized carbons (Fsp3) is 0.0606. The van der Waals surface area contributed by atoms with Gasteiger partial charge in [-0.05, 0) is 59.0 Å². The summed E-state index contributed by atoms with van der Waals surface area (Å²) in [6.45, 7) is 1.94. The van der Waals surface area contributed by atoms with Crippen LogP contribution in [0, 0.1) is 6.92 Å². The maximum atomic E-state index is 14.1. The van der Waals surface area contributed by atoms with Crippen molar-refractivity contribution in [3.8, 4) is 28.0 Å². The summed E-state index contributed by atoms with van der Waals surface area (Å²) < 4.78 is 0. The van der Waals surface area contributed by atoms with Crippen molar-refractivity contribution in [1.29, 1.82) is 0 Å². The van der Waals surface area contributed by atoms with Crippen molar-refractivity contribution in [3.05, 3.63) is 138 Å². The highest BCUT2D eigenvalue weighted by Crippen LogP contribution is 2.42. The van der Waals surface area contributed by atoms with E-state index in [0.717, 1.165) is 33.5 Å². The lowest BCUT2D eigenvalue weighted by atomic mass is 9.88. The molecule has 3 nitrogen and oxygen atoms in total. The second-order valence-corrected chi connectivity index (χ2v) is 8.90. The van der Waals surface area contributed by atoms with E-state index in [1.54, 1.807) is 6.07 Å². The summed E-state index contributed by atoms with van der Waals surface area (Å²) >= 11 is 0. The Labute approximate surface area is 211 Å². The maximum Gasteiger partial charge on any atom is 0.195 e. The Morgan fingerprint density at radius 3 is 1.83 bits per heavy atom. The minimum Gasteiger partial charge on any atom is -0.506 e. The van der Waals surface area contributed by atoms with Crippen LogP contribution in [0.15, 0.2) is 121 Å². The Bertz CT molecular complexity index is 1510. The van der Waals surface area contributed by atoms with Gasteiger partial charge in [0.25, 0.3) is 0 Å². The first-order valence-electron chi connectivity index (χ1n) is 11.9. The minimum atomic E-state index is -0.0671. The monoisotopic (exact) mass is 469 g/mol. The Hall–Kier alpha value is -4.63. The largest absolute Gasteiger partial charge is 0.506 e. The van der Waals surface area contributed by atoms with E-state index in [0.29, 0.717) is 16.8 Å². The van der Waals surface area contributed by atoms with Crippen molar-refractivity contribution in [1.82, 2.24) is 0 Å². The standard InChI is InChI=1S/C33H27NO2/c1-23-18-19-29(31(35)20-23)34(2)30-22-27(24-12-6-3-7-13-24)21-28(25-14-8-4-9-15-25)32(30)33(36)26-16-10-5-11-17-26/h3-22,35H,1-2H3. The van der Waals surface area contributed by atoms with Crippen LogP contribution in [0.2, 0.25) is 0 Å². The zero-order valence-electron chi connectivity index (χ0n) is 20.3. The number of hydrogen-bond acceptors (Lipinski definition) is 3. The van der Waals surface area contributed by atoms with Gasteiger partial charge in [-0.2, -0.15) is 0 Å². The lowest BCUT2D eigenvalue weighted by Crippen LogP contribution is -2.16. The van der Waals surface area contributed by atoms with E-state index in [9.17, 15) is 9.90 Å². The third kappa shape index (κ3) is 4.51. The van der Waals surface area contributed by atoms with Gasteiger partial charge in [0.1, 0.15) is 5.75 Å². The van der Waals surface area contributed by atoms with Crippen molar-refractivity contribution < 1.29 is 9.90 Å².